The van der Waals surface area contributed by atoms with Gasteiger partial charge >= 0.3 is 0 Å². The second kappa shape index (κ2) is 9.45. The molecule has 0 aromatic heterocycles. The summed E-state index contributed by atoms with van der Waals surface area (Å²) in [6.45, 7) is 1.38. The first-order chi connectivity index (χ1) is 13.7. The normalized spacial score (nSPS) is 11.7. The first-order valence-corrected chi connectivity index (χ1v) is 8.43. The van der Waals surface area contributed by atoms with Crippen molar-refractivity contribution in [3.63, 3.8) is 0 Å². The summed E-state index contributed by atoms with van der Waals surface area (Å²) in [6.07, 6.45) is 2.77. The third kappa shape index (κ3) is 5.86. The monoisotopic (exact) mass is 403 g/mol. The van der Waals surface area contributed by atoms with Gasteiger partial charge in [0.2, 0.25) is 11.8 Å². The van der Waals surface area contributed by atoms with Crippen LogP contribution in [0.15, 0.2) is 42.5 Å². The number of amides is 3. The van der Waals surface area contributed by atoms with Gasteiger partial charge in [-0.15, -0.1) is 0 Å². The van der Waals surface area contributed by atoms with E-state index >= 15 is 0 Å². The smallest absolute Gasteiger partial charge is 0.251 e. The van der Waals surface area contributed by atoms with E-state index in [4.69, 9.17) is 10.5 Å². The Labute approximate surface area is 165 Å². The molecule has 0 radical (unpaired) electrons. The van der Waals surface area contributed by atoms with Crippen molar-refractivity contribution < 1.29 is 27.9 Å². The number of carbonyl (C=O) groups excluding carboxylic acids is 3. The summed E-state index contributed by atoms with van der Waals surface area (Å²) in [5, 5.41) is 4.59. The van der Waals surface area contributed by atoms with Crippen molar-refractivity contribution in [3.05, 3.63) is 65.2 Å². The molecule has 7 nitrogen and oxygen atoms in total. The molecule has 1 unspecified atom stereocenters. The molecule has 0 heterocycles. The zero-order chi connectivity index (χ0) is 21.6. The van der Waals surface area contributed by atoms with E-state index in [9.17, 15) is 23.2 Å². The fourth-order valence-corrected chi connectivity index (χ4v) is 2.29. The van der Waals surface area contributed by atoms with Crippen LogP contribution >= 0.6 is 0 Å². The lowest BCUT2D eigenvalue weighted by Crippen LogP contribution is -2.41. The summed E-state index contributed by atoms with van der Waals surface area (Å²) in [5.74, 6) is -3.98. The van der Waals surface area contributed by atoms with Crippen LogP contribution in [0.2, 0.25) is 0 Å². The number of methoxy groups -OCH3 is 1. The standard InChI is InChI=1S/C20H19F2N3O4/c1-11(24-18(26)8-5-12-3-6-13(29-2)7-4-12)20(28)25-17-9-14(19(23)27)15(21)10-16(17)22/h3-11H,1-2H3,(H2,23,27)(H,24,26)(H,25,28)/b8-5+. The van der Waals surface area contributed by atoms with Crippen molar-refractivity contribution in [3.8, 4) is 5.75 Å². The van der Waals surface area contributed by atoms with Crippen molar-refractivity contribution in [2.45, 2.75) is 13.0 Å². The summed E-state index contributed by atoms with van der Waals surface area (Å²) in [4.78, 5) is 35.3. The molecule has 0 bridgehead atoms. The first kappa shape index (κ1) is 21.5. The van der Waals surface area contributed by atoms with E-state index in [0.29, 0.717) is 11.8 Å². The summed E-state index contributed by atoms with van der Waals surface area (Å²) in [5.41, 5.74) is 4.74. The van der Waals surface area contributed by atoms with Crippen LogP contribution in [-0.2, 0) is 9.59 Å². The highest BCUT2D eigenvalue weighted by Crippen LogP contribution is 2.19. The molecule has 152 valence electrons. The Morgan fingerprint density at radius 2 is 1.76 bits per heavy atom. The van der Waals surface area contributed by atoms with Gasteiger partial charge in [-0.3, -0.25) is 14.4 Å². The Morgan fingerprint density at radius 3 is 2.34 bits per heavy atom. The van der Waals surface area contributed by atoms with Crippen LogP contribution in [0, 0.1) is 11.6 Å². The fraction of sp³-hybridized carbons (Fsp3) is 0.150. The molecule has 0 aliphatic carbocycles. The third-order valence-electron chi connectivity index (χ3n) is 3.88. The number of hydrogen-bond donors (Lipinski definition) is 3. The van der Waals surface area contributed by atoms with Crippen LogP contribution in [-0.4, -0.2) is 30.9 Å². The molecule has 29 heavy (non-hydrogen) atoms. The number of benzene rings is 2. The second-order valence-electron chi connectivity index (χ2n) is 6.00. The minimum Gasteiger partial charge on any atom is -0.497 e. The van der Waals surface area contributed by atoms with Gasteiger partial charge in [0.25, 0.3) is 5.91 Å². The zero-order valence-corrected chi connectivity index (χ0v) is 15.7. The van der Waals surface area contributed by atoms with E-state index in [1.807, 2.05) is 0 Å². The predicted octanol–water partition coefficient (Wildman–Crippen LogP) is 2.23. The average molecular weight is 403 g/mol. The van der Waals surface area contributed by atoms with Gasteiger partial charge < -0.3 is 21.1 Å². The lowest BCUT2D eigenvalue weighted by molar-refractivity contribution is -0.123. The molecule has 1 atom stereocenters. The van der Waals surface area contributed by atoms with E-state index in [1.165, 1.54) is 26.2 Å². The van der Waals surface area contributed by atoms with E-state index in [-0.39, 0.29) is 0 Å². The zero-order valence-electron chi connectivity index (χ0n) is 15.7. The van der Waals surface area contributed by atoms with Gasteiger partial charge in [0.1, 0.15) is 23.4 Å². The molecular formula is C20H19F2N3O4. The number of ether oxygens (including phenoxy) is 1. The summed E-state index contributed by atoms with van der Waals surface area (Å²) >= 11 is 0. The van der Waals surface area contributed by atoms with Gasteiger partial charge in [-0.05, 0) is 36.8 Å². The van der Waals surface area contributed by atoms with Gasteiger partial charge in [-0.1, -0.05) is 12.1 Å². The number of primary amides is 1. The van der Waals surface area contributed by atoms with Gasteiger partial charge in [-0.25, -0.2) is 8.78 Å². The molecule has 4 N–H and O–H groups in total. The number of rotatable bonds is 7. The van der Waals surface area contributed by atoms with Crippen LogP contribution in [0.4, 0.5) is 14.5 Å². The minimum absolute atomic E-state index is 0.430. The van der Waals surface area contributed by atoms with E-state index < -0.39 is 46.6 Å². The van der Waals surface area contributed by atoms with E-state index in [0.717, 1.165) is 11.6 Å². The lowest BCUT2D eigenvalue weighted by Gasteiger charge is -2.14. The number of hydrogen-bond acceptors (Lipinski definition) is 4. The Balaban J connectivity index is 1.99. The van der Waals surface area contributed by atoms with Gasteiger partial charge in [0.05, 0.1) is 18.4 Å². The predicted molar refractivity (Wildman–Crippen MR) is 103 cm³/mol. The largest absolute Gasteiger partial charge is 0.497 e. The van der Waals surface area contributed by atoms with Gasteiger partial charge in [0, 0.05) is 12.1 Å². The Hall–Kier alpha value is -3.75. The van der Waals surface area contributed by atoms with Crippen LogP contribution in [0.5, 0.6) is 5.75 Å². The van der Waals surface area contributed by atoms with Crippen LogP contribution in [0.3, 0.4) is 0 Å². The van der Waals surface area contributed by atoms with Crippen molar-refractivity contribution in [2.75, 3.05) is 12.4 Å². The van der Waals surface area contributed by atoms with Gasteiger partial charge in [-0.2, -0.15) is 0 Å². The summed E-state index contributed by atoms with van der Waals surface area (Å²) in [7, 11) is 1.54. The van der Waals surface area contributed by atoms with Crippen LogP contribution < -0.4 is 21.1 Å². The molecule has 0 saturated heterocycles. The maximum atomic E-state index is 13.8. The van der Waals surface area contributed by atoms with Crippen molar-refractivity contribution in [1.82, 2.24) is 5.32 Å². The van der Waals surface area contributed by atoms with Crippen molar-refractivity contribution in [1.29, 1.82) is 0 Å². The molecule has 0 saturated carbocycles. The number of nitrogens with two attached hydrogens (primary N) is 1. The number of carbonyl (C=O) groups is 3. The summed E-state index contributed by atoms with van der Waals surface area (Å²) in [6, 6.07) is 7.14. The molecule has 9 heteroatoms. The number of anilines is 1. The Bertz CT molecular complexity index is 959. The molecule has 0 fully saturated rings. The highest BCUT2D eigenvalue weighted by atomic mass is 19.1. The van der Waals surface area contributed by atoms with Gasteiger partial charge in [0.15, 0.2) is 0 Å². The average Bonchev–Trinajstić information content (AvgIpc) is 2.68. The molecule has 3 amide bonds. The number of nitrogens with one attached hydrogen (secondary N) is 2. The Kier molecular flexibility index (Phi) is 7.02. The fourth-order valence-electron chi connectivity index (χ4n) is 2.29. The number of halogens is 2. The van der Waals surface area contributed by atoms with Crippen molar-refractivity contribution in [2.24, 2.45) is 5.73 Å². The van der Waals surface area contributed by atoms with Crippen molar-refractivity contribution >= 4 is 29.5 Å². The van der Waals surface area contributed by atoms with Crippen LogP contribution in [0.25, 0.3) is 6.08 Å². The summed E-state index contributed by atoms with van der Waals surface area (Å²) < 4.78 is 32.4. The highest BCUT2D eigenvalue weighted by Gasteiger charge is 2.19. The molecule has 2 rings (SSSR count). The SMILES string of the molecule is COc1ccc(/C=C/C(=O)NC(C)C(=O)Nc2cc(C(N)=O)c(F)cc2F)cc1. The molecular weight excluding hydrogens is 384 g/mol. The Morgan fingerprint density at radius 1 is 1.10 bits per heavy atom. The third-order valence-corrected chi connectivity index (χ3v) is 3.88. The molecule has 0 aliphatic rings. The van der Waals surface area contributed by atoms with E-state index in [2.05, 4.69) is 10.6 Å². The first-order valence-electron chi connectivity index (χ1n) is 8.43. The topological polar surface area (TPSA) is 111 Å². The minimum atomic E-state index is -1.14. The molecule has 0 spiro atoms. The quantitative estimate of drug-likeness (QED) is 0.616. The van der Waals surface area contributed by atoms with Crippen LogP contribution in [0.1, 0.15) is 22.8 Å². The second-order valence-corrected chi connectivity index (χ2v) is 6.00. The maximum absolute atomic E-state index is 13.8. The molecule has 2 aromatic carbocycles. The van der Waals surface area contributed by atoms with E-state index in [1.54, 1.807) is 24.3 Å². The lowest BCUT2D eigenvalue weighted by atomic mass is 10.1. The molecule has 0 aliphatic heterocycles. The highest BCUT2D eigenvalue weighted by molar-refractivity contribution is 6.01. The maximum Gasteiger partial charge on any atom is 0.251 e. The molecule has 2 aromatic rings.